The van der Waals surface area contributed by atoms with E-state index >= 15 is 0 Å². The Morgan fingerprint density at radius 3 is 2.27 bits per heavy atom. The van der Waals surface area contributed by atoms with E-state index in [2.05, 4.69) is 44.0 Å². The van der Waals surface area contributed by atoms with E-state index in [4.69, 9.17) is 0 Å². The summed E-state index contributed by atoms with van der Waals surface area (Å²) >= 11 is 7.05. The average molecular weight is 485 g/mol. The maximum absolute atomic E-state index is 10.7. The largest absolute Gasteiger partial charge is 0.508 e. The molecule has 0 saturated carbocycles. The predicted molar refractivity (Wildman–Crippen MR) is 109 cm³/mol. The highest BCUT2D eigenvalue weighted by Gasteiger charge is 2.34. The number of aliphatic hydroxyl groups excluding tert-OH is 2. The van der Waals surface area contributed by atoms with Crippen LogP contribution in [0.1, 0.15) is 42.9 Å². The second-order valence-corrected chi connectivity index (χ2v) is 8.75. The molecule has 0 bridgehead atoms. The number of hydrogen-bond acceptors (Lipinski definition) is 4. The van der Waals surface area contributed by atoms with Crippen LogP contribution in [0, 0.1) is 0 Å². The van der Waals surface area contributed by atoms with Gasteiger partial charge in [-0.2, -0.15) is 0 Å². The minimum absolute atomic E-state index is 0.176. The quantitative estimate of drug-likeness (QED) is 0.596. The minimum atomic E-state index is -0.721. The van der Waals surface area contributed by atoms with Gasteiger partial charge in [0.15, 0.2) is 0 Å². The van der Waals surface area contributed by atoms with Gasteiger partial charge >= 0.3 is 0 Å². The molecule has 6 heteroatoms. The van der Waals surface area contributed by atoms with Gasteiger partial charge in [0.25, 0.3) is 0 Å². The van der Waals surface area contributed by atoms with E-state index in [1.54, 1.807) is 24.3 Å². The van der Waals surface area contributed by atoms with Crippen molar-refractivity contribution in [2.75, 3.05) is 6.54 Å². The van der Waals surface area contributed by atoms with Crippen molar-refractivity contribution in [2.45, 2.75) is 44.1 Å². The Labute approximate surface area is 170 Å². The smallest absolute Gasteiger partial charge is 0.115 e. The molecular weight excluding hydrogens is 462 g/mol. The molecule has 1 aliphatic heterocycles. The number of hydrogen-bond donors (Lipinski definition) is 3. The zero-order valence-electron chi connectivity index (χ0n) is 14.5. The van der Waals surface area contributed by atoms with Crippen molar-refractivity contribution in [3.8, 4) is 5.75 Å². The highest BCUT2D eigenvalue weighted by molar-refractivity contribution is 9.11. The maximum atomic E-state index is 10.7. The third kappa shape index (κ3) is 4.49. The van der Waals surface area contributed by atoms with Crippen LogP contribution in [-0.2, 0) is 0 Å². The molecule has 0 aliphatic carbocycles. The molecule has 3 N–H and O–H groups in total. The number of piperidine rings is 1. The van der Waals surface area contributed by atoms with E-state index in [0.717, 1.165) is 20.9 Å². The number of rotatable bonds is 4. The van der Waals surface area contributed by atoms with Gasteiger partial charge in [-0.3, -0.25) is 4.90 Å². The van der Waals surface area contributed by atoms with Gasteiger partial charge in [-0.15, -0.1) is 0 Å². The first kappa shape index (κ1) is 19.8. The van der Waals surface area contributed by atoms with Gasteiger partial charge in [0, 0.05) is 21.5 Å². The van der Waals surface area contributed by atoms with Gasteiger partial charge in [0.2, 0.25) is 0 Å². The van der Waals surface area contributed by atoms with E-state index in [1.165, 1.54) is 5.56 Å². The number of nitrogens with zero attached hydrogens (tertiary/aromatic N) is 1. The van der Waals surface area contributed by atoms with Crippen LogP contribution in [0.5, 0.6) is 5.75 Å². The van der Waals surface area contributed by atoms with Crippen LogP contribution in [-0.4, -0.2) is 39.0 Å². The molecule has 1 heterocycles. The molecule has 3 rings (SSSR count). The van der Waals surface area contributed by atoms with E-state index in [1.807, 2.05) is 17.9 Å². The monoisotopic (exact) mass is 483 g/mol. The number of likely N-dealkylation sites (tertiary alicyclic amines) is 1. The topological polar surface area (TPSA) is 63.9 Å². The van der Waals surface area contributed by atoms with Gasteiger partial charge < -0.3 is 15.3 Å². The molecule has 140 valence electrons. The fourth-order valence-electron chi connectivity index (χ4n) is 3.68. The Morgan fingerprint density at radius 2 is 1.69 bits per heavy atom. The summed E-state index contributed by atoms with van der Waals surface area (Å²) in [6.45, 7) is 2.64. The van der Waals surface area contributed by atoms with Gasteiger partial charge in [-0.1, -0.05) is 44.0 Å². The molecule has 0 amide bonds. The zero-order valence-corrected chi connectivity index (χ0v) is 17.7. The summed E-state index contributed by atoms with van der Waals surface area (Å²) in [4.78, 5) is 1.96. The van der Waals surface area contributed by atoms with Gasteiger partial charge in [0.1, 0.15) is 12.0 Å². The lowest BCUT2D eigenvalue weighted by Crippen LogP contribution is -2.49. The van der Waals surface area contributed by atoms with E-state index < -0.39 is 12.3 Å². The van der Waals surface area contributed by atoms with Crippen LogP contribution >= 0.6 is 31.9 Å². The van der Waals surface area contributed by atoms with Gasteiger partial charge in [0.05, 0.1) is 6.10 Å². The van der Waals surface area contributed by atoms with Crippen molar-refractivity contribution >= 4 is 31.9 Å². The predicted octanol–water partition coefficient (Wildman–Crippen LogP) is 4.54. The molecule has 26 heavy (non-hydrogen) atoms. The highest BCUT2D eigenvalue weighted by atomic mass is 79.9. The Hall–Kier alpha value is -0.920. The third-order valence-electron chi connectivity index (χ3n) is 5.18. The molecule has 0 aromatic heterocycles. The van der Waals surface area contributed by atoms with Crippen LogP contribution in [0.25, 0.3) is 0 Å². The van der Waals surface area contributed by atoms with E-state index in [0.29, 0.717) is 13.0 Å². The summed E-state index contributed by atoms with van der Waals surface area (Å²) in [5.74, 6) is 0.461. The fourth-order valence-corrected chi connectivity index (χ4v) is 5.01. The van der Waals surface area contributed by atoms with Crippen LogP contribution < -0.4 is 0 Å². The van der Waals surface area contributed by atoms with Crippen LogP contribution in [0.4, 0.5) is 0 Å². The molecule has 0 spiro atoms. The second-order valence-electron chi connectivity index (χ2n) is 6.92. The Morgan fingerprint density at radius 1 is 1.08 bits per heavy atom. The van der Waals surface area contributed by atoms with Crippen molar-refractivity contribution in [1.29, 1.82) is 0 Å². The van der Waals surface area contributed by atoms with Crippen LogP contribution in [0.3, 0.4) is 0 Å². The summed E-state index contributed by atoms with van der Waals surface area (Å²) in [6, 6.07) is 12.6. The molecular formula is C20H23Br2NO3. The first-order valence-corrected chi connectivity index (χ1v) is 10.3. The van der Waals surface area contributed by atoms with Gasteiger partial charge in [-0.05, 0) is 67.1 Å². The standard InChI is InChI=1S/C20H23Br2NO3/c1-12(20(26)13-2-4-18(24)5-3-13)23-7-6-14(10-19(23)25)15-8-16(21)11-17(22)9-15/h2-5,8-9,11-12,14,19-20,24-26H,6-7,10H2,1H3/t12-,14?,19?,20?/m1/s1. The normalized spacial score (nSPS) is 23.6. The second kappa shape index (κ2) is 8.40. The van der Waals surface area contributed by atoms with Crippen molar-refractivity contribution in [3.05, 3.63) is 62.5 Å². The Bertz CT molecular complexity index is 733. The SMILES string of the molecule is C[C@H](C(O)c1ccc(O)cc1)N1CCC(c2cc(Br)cc(Br)c2)CC1O. The van der Waals surface area contributed by atoms with Crippen molar-refractivity contribution in [2.24, 2.45) is 0 Å². The first-order valence-electron chi connectivity index (χ1n) is 8.72. The lowest BCUT2D eigenvalue weighted by atomic mass is 9.87. The summed E-state index contributed by atoms with van der Waals surface area (Å²) in [5.41, 5.74) is 1.94. The maximum Gasteiger partial charge on any atom is 0.115 e. The summed E-state index contributed by atoms with van der Waals surface area (Å²) in [5, 5.41) is 30.8. The number of aliphatic hydroxyl groups is 2. The zero-order chi connectivity index (χ0) is 18.8. The van der Waals surface area contributed by atoms with E-state index in [9.17, 15) is 15.3 Å². The highest BCUT2D eigenvalue weighted by Crippen LogP contribution is 2.36. The van der Waals surface area contributed by atoms with Crippen molar-refractivity contribution in [1.82, 2.24) is 4.90 Å². The van der Waals surface area contributed by atoms with Gasteiger partial charge in [-0.25, -0.2) is 0 Å². The molecule has 3 unspecified atom stereocenters. The first-order chi connectivity index (χ1) is 12.3. The molecule has 2 aromatic rings. The number of phenols is 1. The molecule has 0 radical (unpaired) electrons. The number of halogens is 2. The molecule has 1 aliphatic rings. The summed E-state index contributed by atoms with van der Waals surface area (Å²) in [7, 11) is 0. The minimum Gasteiger partial charge on any atom is -0.508 e. The van der Waals surface area contributed by atoms with Crippen LogP contribution in [0.15, 0.2) is 51.4 Å². The Balaban J connectivity index is 1.69. The molecule has 4 atom stereocenters. The third-order valence-corrected chi connectivity index (χ3v) is 6.10. The number of phenolic OH excluding ortho intramolecular Hbond substituents is 1. The lowest BCUT2D eigenvalue weighted by Gasteiger charge is -2.42. The number of aromatic hydroxyl groups is 1. The summed E-state index contributed by atoms with van der Waals surface area (Å²) in [6.07, 6.45) is 0.234. The molecule has 1 saturated heterocycles. The molecule has 2 aromatic carbocycles. The average Bonchev–Trinajstić information content (AvgIpc) is 2.60. The molecule has 1 fully saturated rings. The van der Waals surface area contributed by atoms with E-state index in [-0.39, 0.29) is 17.7 Å². The summed E-state index contributed by atoms with van der Waals surface area (Å²) < 4.78 is 2.05. The fraction of sp³-hybridized carbons (Fsp3) is 0.400. The van der Waals surface area contributed by atoms with Crippen LogP contribution in [0.2, 0.25) is 0 Å². The lowest BCUT2D eigenvalue weighted by molar-refractivity contribution is -0.0820. The van der Waals surface area contributed by atoms with Crippen molar-refractivity contribution < 1.29 is 15.3 Å². The van der Waals surface area contributed by atoms with Crippen molar-refractivity contribution in [3.63, 3.8) is 0 Å². The number of benzene rings is 2. The Kier molecular flexibility index (Phi) is 6.41. The molecule has 4 nitrogen and oxygen atoms in total.